The molecule has 65 valence electrons. The van der Waals surface area contributed by atoms with E-state index in [9.17, 15) is 0 Å². The maximum absolute atomic E-state index is 5.77. The number of halogens is 1. The molecule has 3 heteroatoms. The minimum absolute atomic E-state index is 0.773. The number of aromatic nitrogens is 1. The van der Waals surface area contributed by atoms with E-state index in [2.05, 4.69) is 11.2 Å². The van der Waals surface area contributed by atoms with Gasteiger partial charge in [0.25, 0.3) is 0 Å². The number of nitrogens with zero attached hydrogens (tertiary/aromatic N) is 1. The first kappa shape index (κ1) is 8.73. The molecule has 0 unspecified atom stereocenters. The van der Waals surface area contributed by atoms with Crippen molar-refractivity contribution in [3.8, 4) is 0 Å². The Hall–Kier alpha value is -0.860. The predicted molar refractivity (Wildman–Crippen MR) is 55.2 cm³/mol. The molecule has 1 radical (unpaired) electrons. The van der Waals surface area contributed by atoms with Crippen molar-refractivity contribution in [2.45, 2.75) is 6.42 Å². The summed E-state index contributed by atoms with van der Waals surface area (Å²) in [6.07, 6.45) is 3.67. The zero-order valence-electron chi connectivity index (χ0n) is 6.83. The van der Waals surface area contributed by atoms with E-state index in [0.29, 0.717) is 0 Å². The number of hydrogen-bond donors (Lipinski definition) is 0. The zero-order valence-corrected chi connectivity index (χ0v) is 8.40. The van der Waals surface area contributed by atoms with Gasteiger partial charge in [0.2, 0.25) is 0 Å². The third kappa shape index (κ3) is 2.29. The van der Waals surface area contributed by atoms with Gasteiger partial charge in [-0.1, -0.05) is 23.7 Å². The SMILES string of the molecule is Clc1ccc(Cc2n[c]cs2)cc1. The standard InChI is InChI=1S/C10H7ClNS/c11-9-3-1-8(2-4-9)7-10-12-5-6-13-10/h1-4,6H,7H2. The zero-order chi connectivity index (χ0) is 9.10. The number of thiazole rings is 1. The Morgan fingerprint density at radius 3 is 2.69 bits per heavy atom. The Balaban J connectivity index is 2.15. The molecule has 0 fully saturated rings. The lowest BCUT2D eigenvalue weighted by Crippen LogP contribution is -1.85. The smallest absolute Gasteiger partial charge is 0.101 e. The summed E-state index contributed by atoms with van der Waals surface area (Å²) in [5.41, 5.74) is 1.23. The van der Waals surface area contributed by atoms with Crippen molar-refractivity contribution in [3.63, 3.8) is 0 Å². The Morgan fingerprint density at radius 2 is 2.08 bits per heavy atom. The van der Waals surface area contributed by atoms with Crippen LogP contribution in [0.1, 0.15) is 10.6 Å². The fourth-order valence-corrected chi connectivity index (χ4v) is 1.80. The molecule has 0 saturated heterocycles. The summed E-state index contributed by atoms with van der Waals surface area (Å²) in [5.74, 6) is 0. The van der Waals surface area contributed by atoms with Crippen molar-refractivity contribution in [2.24, 2.45) is 0 Å². The Bertz CT molecular complexity index is 366. The highest BCUT2D eigenvalue weighted by molar-refractivity contribution is 7.09. The molecule has 0 aliphatic heterocycles. The van der Waals surface area contributed by atoms with Gasteiger partial charge in [0.05, 0.1) is 5.01 Å². The van der Waals surface area contributed by atoms with E-state index in [1.807, 2.05) is 29.6 Å². The molecule has 0 N–H and O–H groups in total. The molecule has 0 saturated carbocycles. The van der Waals surface area contributed by atoms with Crippen molar-refractivity contribution in [1.82, 2.24) is 4.98 Å². The molecule has 1 aromatic heterocycles. The third-order valence-corrected chi connectivity index (χ3v) is 2.69. The van der Waals surface area contributed by atoms with Crippen molar-refractivity contribution in [2.75, 3.05) is 0 Å². The first-order valence-electron chi connectivity index (χ1n) is 3.89. The van der Waals surface area contributed by atoms with Gasteiger partial charge in [0.1, 0.15) is 6.20 Å². The quantitative estimate of drug-likeness (QED) is 0.739. The molecule has 0 bridgehead atoms. The molecule has 0 aliphatic rings. The fourth-order valence-electron chi connectivity index (χ4n) is 1.08. The van der Waals surface area contributed by atoms with E-state index < -0.39 is 0 Å². The lowest BCUT2D eigenvalue weighted by Gasteiger charge is -1.97. The van der Waals surface area contributed by atoms with E-state index in [-0.39, 0.29) is 0 Å². The second-order valence-electron chi connectivity index (χ2n) is 2.67. The van der Waals surface area contributed by atoms with Crippen LogP contribution in [0.3, 0.4) is 0 Å². The van der Waals surface area contributed by atoms with Crippen LogP contribution in [-0.4, -0.2) is 4.98 Å². The summed E-state index contributed by atoms with van der Waals surface area (Å²) in [6, 6.07) is 7.83. The fraction of sp³-hybridized carbons (Fsp3) is 0.100. The van der Waals surface area contributed by atoms with Crippen molar-refractivity contribution in [3.05, 3.63) is 51.4 Å². The Kier molecular flexibility index (Phi) is 2.62. The average Bonchev–Trinajstić information content (AvgIpc) is 2.62. The molecule has 1 heterocycles. The summed E-state index contributed by atoms with van der Waals surface area (Å²) in [6.45, 7) is 0. The predicted octanol–water partition coefficient (Wildman–Crippen LogP) is 3.19. The summed E-state index contributed by atoms with van der Waals surface area (Å²) in [4.78, 5) is 4.09. The van der Waals surface area contributed by atoms with E-state index in [1.165, 1.54) is 5.56 Å². The maximum atomic E-state index is 5.77. The minimum Gasteiger partial charge on any atom is -0.239 e. The second kappa shape index (κ2) is 3.90. The van der Waals surface area contributed by atoms with Gasteiger partial charge >= 0.3 is 0 Å². The van der Waals surface area contributed by atoms with Crippen LogP contribution in [0.4, 0.5) is 0 Å². The molecule has 0 atom stereocenters. The molecule has 0 spiro atoms. The molecule has 1 aromatic carbocycles. The maximum Gasteiger partial charge on any atom is 0.101 e. The first-order chi connectivity index (χ1) is 6.34. The molecule has 2 rings (SSSR count). The van der Waals surface area contributed by atoms with Crippen LogP contribution in [0.2, 0.25) is 5.02 Å². The van der Waals surface area contributed by atoms with Gasteiger partial charge in [0.15, 0.2) is 0 Å². The van der Waals surface area contributed by atoms with Crippen LogP contribution in [0.25, 0.3) is 0 Å². The molecule has 2 aromatic rings. The summed E-state index contributed by atoms with van der Waals surface area (Å²) >= 11 is 7.40. The Labute approximate surface area is 86.0 Å². The van der Waals surface area contributed by atoms with Crippen LogP contribution in [0, 0.1) is 6.20 Å². The van der Waals surface area contributed by atoms with Crippen LogP contribution in [-0.2, 0) is 6.42 Å². The van der Waals surface area contributed by atoms with E-state index in [0.717, 1.165) is 16.5 Å². The first-order valence-corrected chi connectivity index (χ1v) is 5.15. The van der Waals surface area contributed by atoms with E-state index >= 15 is 0 Å². The van der Waals surface area contributed by atoms with Crippen LogP contribution in [0.15, 0.2) is 29.6 Å². The topological polar surface area (TPSA) is 12.9 Å². The van der Waals surface area contributed by atoms with Gasteiger partial charge in [-0.05, 0) is 17.7 Å². The van der Waals surface area contributed by atoms with Gasteiger partial charge in [-0.3, -0.25) is 0 Å². The van der Waals surface area contributed by atoms with Crippen LogP contribution < -0.4 is 0 Å². The number of hydrogen-bond acceptors (Lipinski definition) is 2. The van der Waals surface area contributed by atoms with Gasteiger partial charge in [-0.25, -0.2) is 4.98 Å². The highest BCUT2D eigenvalue weighted by Gasteiger charge is 1.97. The third-order valence-electron chi connectivity index (χ3n) is 1.71. The van der Waals surface area contributed by atoms with Crippen LogP contribution in [0.5, 0.6) is 0 Å². The summed E-state index contributed by atoms with van der Waals surface area (Å²) in [5, 5.41) is 3.72. The molecule has 0 aliphatic carbocycles. The highest BCUT2D eigenvalue weighted by atomic mass is 35.5. The van der Waals surface area contributed by atoms with E-state index in [4.69, 9.17) is 11.6 Å². The molecule has 0 amide bonds. The monoisotopic (exact) mass is 208 g/mol. The average molecular weight is 209 g/mol. The molecule has 13 heavy (non-hydrogen) atoms. The lowest BCUT2D eigenvalue weighted by atomic mass is 10.2. The molecule has 1 nitrogen and oxygen atoms in total. The largest absolute Gasteiger partial charge is 0.239 e. The normalized spacial score (nSPS) is 10.2. The molecular formula is C10H7ClNS. The van der Waals surface area contributed by atoms with Gasteiger partial charge in [-0.15, -0.1) is 11.3 Å². The Morgan fingerprint density at radius 1 is 1.31 bits per heavy atom. The highest BCUT2D eigenvalue weighted by Crippen LogP contribution is 2.14. The summed E-state index contributed by atoms with van der Waals surface area (Å²) < 4.78 is 0. The minimum atomic E-state index is 0.773. The van der Waals surface area contributed by atoms with Crippen molar-refractivity contribution >= 4 is 22.9 Å². The lowest BCUT2D eigenvalue weighted by molar-refractivity contribution is 1.13. The van der Waals surface area contributed by atoms with Gasteiger partial charge in [-0.2, -0.15) is 0 Å². The second-order valence-corrected chi connectivity index (χ2v) is 4.05. The van der Waals surface area contributed by atoms with Crippen molar-refractivity contribution < 1.29 is 0 Å². The van der Waals surface area contributed by atoms with E-state index in [1.54, 1.807) is 11.3 Å². The number of rotatable bonds is 2. The van der Waals surface area contributed by atoms with Crippen molar-refractivity contribution in [1.29, 1.82) is 0 Å². The number of benzene rings is 1. The van der Waals surface area contributed by atoms with Gasteiger partial charge < -0.3 is 0 Å². The van der Waals surface area contributed by atoms with Crippen LogP contribution >= 0.6 is 22.9 Å². The molecular weight excluding hydrogens is 202 g/mol. The van der Waals surface area contributed by atoms with Gasteiger partial charge in [0, 0.05) is 16.8 Å². The summed E-state index contributed by atoms with van der Waals surface area (Å²) in [7, 11) is 0.